The zero-order valence-corrected chi connectivity index (χ0v) is 12.7. The molecule has 2 aliphatic heterocycles. The fourth-order valence-electron chi connectivity index (χ4n) is 3.94. The molecule has 2 atom stereocenters. The third-order valence-electron chi connectivity index (χ3n) is 5.37. The van der Waals surface area contributed by atoms with E-state index in [1.165, 1.54) is 37.9 Å². The van der Waals surface area contributed by atoms with Crippen LogP contribution in [0.3, 0.4) is 0 Å². The van der Waals surface area contributed by atoms with E-state index in [0.717, 1.165) is 32.2 Å². The van der Waals surface area contributed by atoms with E-state index in [1.54, 1.807) is 0 Å². The highest BCUT2D eigenvalue weighted by Gasteiger charge is 2.40. The molecular formula is C17H25N3O. The molecule has 3 heterocycles. The summed E-state index contributed by atoms with van der Waals surface area (Å²) in [5.41, 5.74) is 1.36. The SMILES string of the molecule is c1cc(CN2CCO[C@H]3CN(CC4CCC4)C[C@H]32)ccn1. The molecule has 4 rings (SSSR count). The van der Waals surface area contributed by atoms with Crippen LogP contribution in [0.5, 0.6) is 0 Å². The van der Waals surface area contributed by atoms with Gasteiger partial charge in [0.1, 0.15) is 0 Å². The summed E-state index contributed by atoms with van der Waals surface area (Å²) in [5, 5.41) is 0. The van der Waals surface area contributed by atoms with Gasteiger partial charge in [-0.15, -0.1) is 0 Å². The summed E-state index contributed by atoms with van der Waals surface area (Å²) in [5.74, 6) is 0.957. The fraction of sp³-hybridized carbons (Fsp3) is 0.706. The molecule has 0 bridgehead atoms. The van der Waals surface area contributed by atoms with E-state index in [9.17, 15) is 0 Å². The summed E-state index contributed by atoms with van der Waals surface area (Å²) in [6.45, 7) is 6.58. The zero-order valence-electron chi connectivity index (χ0n) is 12.7. The van der Waals surface area contributed by atoms with Crippen molar-refractivity contribution < 1.29 is 4.74 Å². The van der Waals surface area contributed by atoms with E-state index in [0.29, 0.717) is 12.1 Å². The number of hydrogen-bond donors (Lipinski definition) is 0. The Hall–Kier alpha value is -0.970. The van der Waals surface area contributed by atoms with Gasteiger partial charge in [0.25, 0.3) is 0 Å². The Balaban J connectivity index is 1.39. The van der Waals surface area contributed by atoms with Crippen LogP contribution < -0.4 is 0 Å². The lowest BCUT2D eigenvalue weighted by Crippen LogP contribution is -2.50. The highest BCUT2D eigenvalue weighted by Crippen LogP contribution is 2.30. The van der Waals surface area contributed by atoms with Gasteiger partial charge in [-0.1, -0.05) is 6.42 Å². The number of likely N-dealkylation sites (tertiary alicyclic amines) is 1. The van der Waals surface area contributed by atoms with Gasteiger partial charge in [0, 0.05) is 45.1 Å². The Labute approximate surface area is 127 Å². The van der Waals surface area contributed by atoms with Gasteiger partial charge in [-0.2, -0.15) is 0 Å². The number of ether oxygens (including phenoxy) is 1. The van der Waals surface area contributed by atoms with Gasteiger partial charge in [0.2, 0.25) is 0 Å². The second kappa shape index (κ2) is 6.03. The lowest BCUT2D eigenvalue weighted by molar-refractivity contribution is -0.0505. The summed E-state index contributed by atoms with van der Waals surface area (Å²) in [4.78, 5) is 9.37. The van der Waals surface area contributed by atoms with Crippen LogP contribution in [0.2, 0.25) is 0 Å². The largest absolute Gasteiger partial charge is 0.374 e. The van der Waals surface area contributed by atoms with E-state index in [-0.39, 0.29) is 0 Å². The normalized spacial score (nSPS) is 31.0. The van der Waals surface area contributed by atoms with Crippen molar-refractivity contribution in [3.63, 3.8) is 0 Å². The molecule has 0 amide bonds. The van der Waals surface area contributed by atoms with Crippen LogP contribution in [-0.4, -0.2) is 59.7 Å². The molecule has 114 valence electrons. The van der Waals surface area contributed by atoms with Crippen molar-refractivity contribution in [3.05, 3.63) is 30.1 Å². The standard InChI is InChI=1S/C17H25N3O/c1-2-14(3-1)10-19-12-16-17(13-19)21-9-8-20(16)11-15-4-6-18-7-5-15/h4-7,14,16-17H,1-3,8-13H2/t16-,17+/m1/s1. The maximum absolute atomic E-state index is 6.04. The summed E-state index contributed by atoms with van der Waals surface area (Å²) in [7, 11) is 0. The first kappa shape index (κ1) is 13.7. The van der Waals surface area contributed by atoms with Crippen LogP contribution in [0.25, 0.3) is 0 Å². The van der Waals surface area contributed by atoms with Crippen molar-refractivity contribution in [3.8, 4) is 0 Å². The highest BCUT2D eigenvalue weighted by atomic mass is 16.5. The van der Waals surface area contributed by atoms with E-state index in [4.69, 9.17) is 4.74 Å². The van der Waals surface area contributed by atoms with Gasteiger partial charge in [0.05, 0.1) is 18.8 Å². The Morgan fingerprint density at radius 2 is 2.05 bits per heavy atom. The first-order valence-electron chi connectivity index (χ1n) is 8.35. The number of fused-ring (bicyclic) bond motifs is 1. The second-order valence-electron chi connectivity index (χ2n) is 6.82. The summed E-state index contributed by atoms with van der Waals surface area (Å²) < 4.78 is 6.04. The molecule has 0 unspecified atom stereocenters. The topological polar surface area (TPSA) is 28.6 Å². The van der Waals surface area contributed by atoms with E-state index < -0.39 is 0 Å². The molecule has 0 spiro atoms. The first-order chi connectivity index (χ1) is 10.4. The summed E-state index contributed by atoms with van der Waals surface area (Å²) in [6, 6.07) is 4.84. The maximum Gasteiger partial charge on any atom is 0.0870 e. The molecule has 21 heavy (non-hydrogen) atoms. The van der Waals surface area contributed by atoms with E-state index in [1.807, 2.05) is 12.4 Å². The molecular weight excluding hydrogens is 262 g/mol. The first-order valence-corrected chi connectivity index (χ1v) is 8.35. The number of nitrogens with zero attached hydrogens (tertiary/aromatic N) is 3. The quantitative estimate of drug-likeness (QED) is 0.844. The number of hydrogen-bond acceptors (Lipinski definition) is 4. The predicted molar refractivity (Wildman–Crippen MR) is 82.0 cm³/mol. The van der Waals surface area contributed by atoms with Crippen molar-refractivity contribution in [2.75, 3.05) is 32.8 Å². The van der Waals surface area contributed by atoms with Gasteiger partial charge in [-0.25, -0.2) is 0 Å². The van der Waals surface area contributed by atoms with Crippen LogP contribution in [0, 0.1) is 5.92 Å². The zero-order chi connectivity index (χ0) is 14.1. The van der Waals surface area contributed by atoms with E-state index in [2.05, 4.69) is 26.9 Å². The molecule has 2 saturated heterocycles. The van der Waals surface area contributed by atoms with Crippen molar-refractivity contribution in [2.45, 2.75) is 38.0 Å². The van der Waals surface area contributed by atoms with Crippen LogP contribution in [-0.2, 0) is 11.3 Å². The minimum atomic E-state index is 0.417. The molecule has 4 nitrogen and oxygen atoms in total. The van der Waals surface area contributed by atoms with Crippen LogP contribution in [0.15, 0.2) is 24.5 Å². The van der Waals surface area contributed by atoms with Gasteiger partial charge in [-0.05, 0) is 36.5 Å². The maximum atomic E-state index is 6.04. The van der Waals surface area contributed by atoms with Crippen molar-refractivity contribution in [1.82, 2.24) is 14.8 Å². The molecule has 3 fully saturated rings. The summed E-state index contributed by atoms with van der Waals surface area (Å²) in [6.07, 6.45) is 8.52. The smallest absolute Gasteiger partial charge is 0.0870 e. The van der Waals surface area contributed by atoms with Crippen molar-refractivity contribution in [2.24, 2.45) is 5.92 Å². The number of morpholine rings is 1. The molecule has 4 heteroatoms. The summed E-state index contributed by atoms with van der Waals surface area (Å²) >= 11 is 0. The van der Waals surface area contributed by atoms with Gasteiger partial charge in [-0.3, -0.25) is 14.8 Å². The number of rotatable bonds is 4. The fourth-order valence-corrected chi connectivity index (χ4v) is 3.94. The Morgan fingerprint density at radius 1 is 1.19 bits per heavy atom. The predicted octanol–water partition coefficient (Wildman–Crippen LogP) is 1.77. The lowest BCUT2D eigenvalue weighted by atomic mass is 9.85. The molecule has 0 radical (unpaired) electrons. The van der Waals surface area contributed by atoms with Crippen LogP contribution >= 0.6 is 0 Å². The van der Waals surface area contributed by atoms with Crippen molar-refractivity contribution >= 4 is 0 Å². The number of pyridine rings is 1. The third-order valence-corrected chi connectivity index (χ3v) is 5.37. The molecule has 1 saturated carbocycles. The minimum Gasteiger partial charge on any atom is -0.374 e. The Kier molecular flexibility index (Phi) is 3.93. The third kappa shape index (κ3) is 2.98. The molecule has 1 aliphatic carbocycles. The van der Waals surface area contributed by atoms with E-state index >= 15 is 0 Å². The molecule has 1 aromatic rings. The van der Waals surface area contributed by atoms with Gasteiger partial charge < -0.3 is 4.74 Å². The monoisotopic (exact) mass is 287 g/mol. The van der Waals surface area contributed by atoms with Gasteiger partial charge in [0.15, 0.2) is 0 Å². The average molecular weight is 287 g/mol. The minimum absolute atomic E-state index is 0.417. The molecule has 3 aliphatic rings. The second-order valence-corrected chi connectivity index (χ2v) is 6.82. The molecule has 0 N–H and O–H groups in total. The van der Waals surface area contributed by atoms with Crippen LogP contribution in [0.1, 0.15) is 24.8 Å². The highest BCUT2D eigenvalue weighted by molar-refractivity contribution is 5.10. The van der Waals surface area contributed by atoms with Gasteiger partial charge >= 0.3 is 0 Å². The Morgan fingerprint density at radius 3 is 2.81 bits per heavy atom. The molecule has 1 aromatic heterocycles. The van der Waals surface area contributed by atoms with Crippen molar-refractivity contribution in [1.29, 1.82) is 0 Å². The Bertz CT molecular complexity index is 462. The molecule has 0 aromatic carbocycles. The average Bonchev–Trinajstić information content (AvgIpc) is 2.88. The number of aromatic nitrogens is 1. The van der Waals surface area contributed by atoms with Crippen LogP contribution in [0.4, 0.5) is 0 Å². The lowest BCUT2D eigenvalue weighted by Gasteiger charge is -2.37.